The standard InChI is InChI=1S/C16H13FN2O3/c1-19-13-8-10(2-7-14(13)22-16(19)21)9-15(20)18-12-5-3-11(17)4-6-12/h2-8H,9H2,1H3,(H,18,20). The number of hydrogen-bond donors (Lipinski definition) is 1. The van der Waals surface area contributed by atoms with E-state index in [1.165, 1.54) is 28.8 Å². The maximum absolute atomic E-state index is 12.8. The maximum Gasteiger partial charge on any atom is 0.419 e. The van der Waals surface area contributed by atoms with Crippen LogP contribution in [0.5, 0.6) is 0 Å². The highest BCUT2D eigenvalue weighted by Gasteiger charge is 2.09. The zero-order valence-corrected chi connectivity index (χ0v) is 11.8. The van der Waals surface area contributed by atoms with E-state index in [0.29, 0.717) is 16.8 Å². The van der Waals surface area contributed by atoms with Crippen LogP contribution in [0.4, 0.5) is 10.1 Å². The van der Waals surface area contributed by atoms with Crippen molar-refractivity contribution < 1.29 is 13.6 Å². The zero-order valence-electron chi connectivity index (χ0n) is 11.8. The van der Waals surface area contributed by atoms with Crippen LogP contribution in [-0.2, 0) is 18.3 Å². The van der Waals surface area contributed by atoms with Crippen LogP contribution in [0.3, 0.4) is 0 Å². The van der Waals surface area contributed by atoms with Gasteiger partial charge in [-0.3, -0.25) is 9.36 Å². The third-order valence-electron chi connectivity index (χ3n) is 3.35. The highest BCUT2D eigenvalue weighted by atomic mass is 19.1. The van der Waals surface area contributed by atoms with Crippen LogP contribution in [0.25, 0.3) is 11.1 Å². The fourth-order valence-electron chi connectivity index (χ4n) is 2.21. The van der Waals surface area contributed by atoms with Crippen molar-refractivity contribution in [2.45, 2.75) is 6.42 Å². The molecule has 1 heterocycles. The Hall–Kier alpha value is -2.89. The number of aromatic nitrogens is 1. The number of carbonyl (C=O) groups is 1. The van der Waals surface area contributed by atoms with Gasteiger partial charge in [-0.05, 0) is 42.0 Å². The zero-order chi connectivity index (χ0) is 15.7. The molecule has 0 bridgehead atoms. The van der Waals surface area contributed by atoms with Crippen molar-refractivity contribution in [3.63, 3.8) is 0 Å². The molecular weight excluding hydrogens is 287 g/mol. The molecule has 1 amide bonds. The Kier molecular flexibility index (Phi) is 3.50. The van der Waals surface area contributed by atoms with Crippen LogP contribution in [0.1, 0.15) is 5.56 Å². The predicted molar refractivity (Wildman–Crippen MR) is 80.2 cm³/mol. The summed E-state index contributed by atoms with van der Waals surface area (Å²) in [5, 5.41) is 2.69. The molecule has 0 aliphatic rings. The van der Waals surface area contributed by atoms with E-state index in [2.05, 4.69) is 5.32 Å². The van der Waals surface area contributed by atoms with E-state index in [1.807, 2.05) is 0 Å². The Morgan fingerprint density at radius 1 is 1.23 bits per heavy atom. The van der Waals surface area contributed by atoms with Crippen molar-refractivity contribution >= 4 is 22.7 Å². The average Bonchev–Trinajstić information content (AvgIpc) is 2.77. The molecule has 2 aromatic carbocycles. The van der Waals surface area contributed by atoms with E-state index in [-0.39, 0.29) is 18.1 Å². The molecule has 0 atom stereocenters. The van der Waals surface area contributed by atoms with Crippen LogP contribution in [0.15, 0.2) is 51.7 Å². The van der Waals surface area contributed by atoms with E-state index < -0.39 is 5.76 Å². The minimum atomic E-state index is -0.442. The smallest absolute Gasteiger partial charge is 0.408 e. The first-order chi connectivity index (χ1) is 10.5. The van der Waals surface area contributed by atoms with Gasteiger partial charge in [0.1, 0.15) is 5.82 Å². The van der Waals surface area contributed by atoms with Gasteiger partial charge in [0.2, 0.25) is 5.91 Å². The molecule has 0 aliphatic carbocycles. The summed E-state index contributed by atoms with van der Waals surface area (Å²) in [5.41, 5.74) is 2.40. The molecule has 1 N–H and O–H groups in total. The molecule has 0 saturated carbocycles. The summed E-state index contributed by atoms with van der Waals surface area (Å²) in [6.07, 6.45) is 0.146. The number of halogens is 1. The number of nitrogens with zero attached hydrogens (tertiary/aromatic N) is 1. The lowest BCUT2D eigenvalue weighted by Crippen LogP contribution is -2.14. The van der Waals surface area contributed by atoms with E-state index in [9.17, 15) is 14.0 Å². The first-order valence-corrected chi connectivity index (χ1v) is 6.67. The number of nitrogens with one attached hydrogen (secondary N) is 1. The van der Waals surface area contributed by atoms with Crippen molar-refractivity contribution in [1.82, 2.24) is 4.57 Å². The van der Waals surface area contributed by atoms with Gasteiger partial charge in [-0.1, -0.05) is 6.07 Å². The number of carbonyl (C=O) groups excluding carboxylic acids is 1. The molecule has 112 valence electrons. The van der Waals surface area contributed by atoms with Gasteiger partial charge >= 0.3 is 5.76 Å². The second-order valence-electron chi connectivity index (χ2n) is 4.96. The third-order valence-corrected chi connectivity index (χ3v) is 3.35. The molecular formula is C16H13FN2O3. The molecule has 1 aromatic heterocycles. The Labute approximate surface area is 125 Å². The van der Waals surface area contributed by atoms with Gasteiger partial charge in [0, 0.05) is 12.7 Å². The van der Waals surface area contributed by atoms with Crippen LogP contribution >= 0.6 is 0 Å². The highest BCUT2D eigenvalue weighted by Crippen LogP contribution is 2.15. The van der Waals surface area contributed by atoms with Gasteiger partial charge in [-0.15, -0.1) is 0 Å². The summed E-state index contributed by atoms with van der Waals surface area (Å²) in [6, 6.07) is 10.7. The Bertz CT molecular complexity index is 894. The van der Waals surface area contributed by atoms with Gasteiger partial charge in [0.25, 0.3) is 0 Å². The second kappa shape index (κ2) is 5.48. The molecule has 0 saturated heterocycles. The topological polar surface area (TPSA) is 64.2 Å². The van der Waals surface area contributed by atoms with E-state index >= 15 is 0 Å². The predicted octanol–water partition coefficient (Wildman–Crippen LogP) is 2.45. The van der Waals surface area contributed by atoms with Gasteiger partial charge in [-0.2, -0.15) is 0 Å². The first kappa shape index (κ1) is 14.1. The number of fused-ring (bicyclic) bond motifs is 1. The molecule has 3 rings (SSSR count). The number of anilines is 1. The summed E-state index contributed by atoms with van der Waals surface area (Å²) in [5.74, 6) is -1.02. The molecule has 0 fully saturated rings. The number of aryl methyl sites for hydroxylation is 1. The lowest BCUT2D eigenvalue weighted by molar-refractivity contribution is -0.115. The van der Waals surface area contributed by atoms with Crippen LogP contribution in [-0.4, -0.2) is 10.5 Å². The van der Waals surface area contributed by atoms with Gasteiger partial charge in [0.05, 0.1) is 11.9 Å². The van der Waals surface area contributed by atoms with Crippen LogP contribution in [0, 0.1) is 5.82 Å². The van der Waals surface area contributed by atoms with Crippen LogP contribution < -0.4 is 11.1 Å². The molecule has 0 radical (unpaired) electrons. The SMILES string of the molecule is Cn1c(=O)oc2ccc(CC(=O)Nc3ccc(F)cc3)cc21. The Morgan fingerprint density at radius 2 is 1.95 bits per heavy atom. The number of oxazole rings is 1. The fourth-order valence-corrected chi connectivity index (χ4v) is 2.21. The minimum Gasteiger partial charge on any atom is -0.408 e. The van der Waals surface area contributed by atoms with Gasteiger partial charge in [0.15, 0.2) is 5.58 Å². The molecule has 0 unspecified atom stereocenters. The van der Waals surface area contributed by atoms with Gasteiger partial charge < -0.3 is 9.73 Å². The normalized spacial score (nSPS) is 10.8. The van der Waals surface area contributed by atoms with Crippen molar-refractivity contribution in [3.8, 4) is 0 Å². The molecule has 6 heteroatoms. The number of benzene rings is 2. The van der Waals surface area contributed by atoms with Crippen molar-refractivity contribution in [1.29, 1.82) is 0 Å². The number of amides is 1. The molecule has 22 heavy (non-hydrogen) atoms. The van der Waals surface area contributed by atoms with E-state index in [0.717, 1.165) is 5.56 Å². The fraction of sp³-hybridized carbons (Fsp3) is 0.125. The quantitative estimate of drug-likeness (QED) is 0.808. The van der Waals surface area contributed by atoms with Crippen molar-refractivity contribution in [2.24, 2.45) is 7.05 Å². The Balaban J connectivity index is 1.77. The average molecular weight is 300 g/mol. The third kappa shape index (κ3) is 2.76. The van der Waals surface area contributed by atoms with Crippen LogP contribution in [0.2, 0.25) is 0 Å². The largest absolute Gasteiger partial charge is 0.419 e. The maximum atomic E-state index is 12.8. The van der Waals surface area contributed by atoms with Crippen molar-refractivity contribution in [3.05, 3.63) is 64.4 Å². The summed E-state index contributed by atoms with van der Waals surface area (Å²) >= 11 is 0. The summed E-state index contributed by atoms with van der Waals surface area (Å²) in [4.78, 5) is 23.4. The van der Waals surface area contributed by atoms with Crippen molar-refractivity contribution in [2.75, 3.05) is 5.32 Å². The second-order valence-corrected chi connectivity index (χ2v) is 4.96. The summed E-state index contributed by atoms with van der Waals surface area (Å²) < 4.78 is 19.2. The summed E-state index contributed by atoms with van der Waals surface area (Å²) in [6.45, 7) is 0. The van der Waals surface area contributed by atoms with Gasteiger partial charge in [-0.25, -0.2) is 9.18 Å². The number of rotatable bonds is 3. The lowest BCUT2D eigenvalue weighted by atomic mass is 10.1. The summed E-state index contributed by atoms with van der Waals surface area (Å²) in [7, 11) is 1.61. The monoisotopic (exact) mass is 300 g/mol. The minimum absolute atomic E-state index is 0.146. The Morgan fingerprint density at radius 3 is 2.68 bits per heavy atom. The molecule has 5 nitrogen and oxygen atoms in total. The van der Waals surface area contributed by atoms with E-state index in [1.54, 1.807) is 25.2 Å². The molecule has 0 spiro atoms. The number of hydrogen-bond acceptors (Lipinski definition) is 3. The lowest BCUT2D eigenvalue weighted by Gasteiger charge is -2.05. The highest BCUT2D eigenvalue weighted by molar-refractivity contribution is 5.92. The molecule has 3 aromatic rings. The first-order valence-electron chi connectivity index (χ1n) is 6.67. The van der Waals surface area contributed by atoms with E-state index in [4.69, 9.17) is 4.42 Å². The molecule has 0 aliphatic heterocycles.